The van der Waals surface area contributed by atoms with Gasteiger partial charge in [0.15, 0.2) is 0 Å². The molecule has 0 spiro atoms. The van der Waals surface area contributed by atoms with Crippen LogP contribution in [0.5, 0.6) is 0 Å². The van der Waals surface area contributed by atoms with Crippen LogP contribution in [0.15, 0.2) is 109 Å². The van der Waals surface area contributed by atoms with Gasteiger partial charge in [0, 0.05) is 24.4 Å². The molecule has 0 aliphatic rings. The van der Waals surface area contributed by atoms with Gasteiger partial charge < -0.3 is 19.6 Å². The van der Waals surface area contributed by atoms with Crippen molar-refractivity contribution >= 4 is 72.1 Å². The topological polar surface area (TPSA) is 72.4 Å². The van der Waals surface area contributed by atoms with Crippen LogP contribution in [0, 0.1) is 0 Å². The minimum Gasteiger partial charge on any atom is -0.403 e. The van der Waals surface area contributed by atoms with Gasteiger partial charge >= 0.3 is 0 Å². The van der Waals surface area contributed by atoms with Crippen LogP contribution < -0.4 is 21.0 Å². The first-order valence-electron chi connectivity index (χ1n) is 15.7. The monoisotopic (exact) mass is 728 g/mol. The van der Waals surface area contributed by atoms with E-state index in [2.05, 4.69) is 55.7 Å². The number of carbonyl (C=O) groups is 2. The van der Waals surface area contributed by atoms with Gasteiger partial charge in [-0.3, -0.25) is 9.59 Å². The Hall–Kier alpha value is -4.11. The van der Waals surface area contributed by atoms with Crippen molar-refractivity contribution in [1.82, 2.24) is 15.2 Å². The molecule has 5 aromatic rings. The molecular formula is C39H37Cl3N3O3Si. The van der Waals surface area contributed by atoms with Gasteiger partial charge in [-0.1, -0.05) is 128 Å². The van der Waals surface area contributed by atoms with Gasteiger partial charge in [-0.25, -0.2) is 0 Å². The Labute approximate surface area is 304 Å². The summed E-state index contributed by atoms with van der Waals surface area (Å²) >= 11 is 21.1. The van der Waals surface area contributed by atoms with Crippen LogP contribution in [0.3, 0.4) is 0 Å². The highest BCUT2D eigenvalue weighted by atomic mass is 35.5. The maximum atomic E-state index is 12.8. The predicted octanol–water partition coefficient (Wildman–Crippen LogP) is 7.75. The molecular weight excluding hydrogens is 693 g/mol. The zero-order valence-corrected chi connectivity index (χ0v) is 31.0. The maximum absolute atomic E-state index is 12.8. The highest BCUT2D eigenvalue weighted by molar-refractivity contribution is 6.80. The normalized spacial score (nSPS) is 11.7. The van der Waals surface area contributed by atoms with E-state index >= 15 is 0 Å². The largest absolute Gasteiger partial charge is 0.403 e. The van der Waals surface area contributed by atoms with E-state index in [4.69, 9.17) is 39.2 Å². The molecule has 0 saturated carbocycles. The highest BCUT2D eigenvalue weighted by Gasteiger charge is 2.28. The van der Waals surface area contributed by atoms with Crippen molar-refractivity contribution in [2.45, 2.75) is 39.3 Å². The third kappa shape index (κ3) is 8.74. The number of rotatable bonds is 11. The van der Waals surface area contributed by atoms with Crippen LogP contribution in [-0.4, -0.2) is 32.5 Å². The molecule has 251 valence electrons. The second-order valence-corrected chi connectivity index (χ2v) is 15.6. The molecule has 0 aliphatic heterocycles. The van der Waals surface area contributed by atoms with Crippen molar-refractivity contribution in [3.63, 3.8) is 0 Å². The lowest BCUT2D eigenvalue weighted by atomic mass is 9.85. The van der Waals surface area contributed by atoms with Gasteiger partial charge in [-0.05, 0) is 68.9 Å². The van der Waals surface area contributed by atoms with Crippen LogP contribution >= 0.6 is 34.8 Å². The van der Waals surface area contributed by atoms with Crippen LogP contribution in [0.2, 0.25) is 15.2 Å². The van der Waals surface area contributed by atoms with Crippen LogP contribution in [0.25, 0.3) is 11.8 Å². The first-order chi connectivity index (χ1) is 23.5. The molecule has 2 N–H and O–H groups in total. The SMILES string of the molecule is CNC(=O)c1ccc(C=CC(=O)NCc2ccc(Cl)n2-c2cc(CO[Si](c3ccccc3)c3ccccc3)c(Cl)c(C(C)(C)C)c2Cl)cc1. The Bertz CT molecular complexity index is 1920. The van der Waals surface area contributed by atoms with Crippen molar-refractivity contribution in [1.29, 1.82) is 0 Å². The maximum Gasteiger partial charge on any atom is 0.283 e. The summed E-state index contributed by atoms with van der Waals surface area (Å²) in [5.74, 6) is -0.461. The van der Waals surface area contributed by atoms with E-state index in [1.165, 1.54) is 6.08 Å². The number of hydrogen-bond donors (Lipinski definition) is 2. The Morgan fingerprint density at radius 2 is 1.45 bits per heavy atom. The number of nitrogens with one attached hydrogen (secondary N) is 2. The first-order valence-corrected chi connectivity index (χ1v) is 18.3. The zero-order valence-electron chi connectivity index (χ0n) is 27.7. The summed E-state index contributed by atoms with van der Waals surface area (Å²) in [6.07, 6.45) is 3.14. The average Bonchev–Trinajstić information content (AvgIpc) is 3.47. The third-order valence-electron chi connectivity index (χ3n) is 7.88. The van der Waals surface area contributed by atoms with Gasteiger partial charge in [0.05, 0.1) is 28.9 Å². The van der Waals surface area contributed by atoms with Crippen molar-refractivity contribution in [2.24, 2.45) is 0 Å². The molecule has 2 amide bonds. The number of nitrogens with zero attached hydrogens (tertiary/aromatic N) is 1. The van der Waals surface area contributed by atoms with Gasteiger partial charge in [0.25, 0.3) is 14.9 Å². The summed E-state index contributed by atoms with van der Waals surface area (Å²) in [5.41, 5.74) is 3.87. The second kappa shape index (κ2) is 16.1. The average molecular weight is 730 g/mol. The van der Waals surface area contributed by atoms with E-state index in [0.717, 1.165) is 32.8 Å². The number of halogens is 3. The summed E-state index contributed by atoms with van der Waals surface area (Å²) in [5, 5.41) is 9.25. The predicted molar refractivity (Wildman–Crippen MR) is 203 cm³/mol. The Kier molecular flexibility index (Phi) is 11.9. The zero-order chi connectivity index (χ0) is 35.1. The lowest BCUT2D eigenvalue weighted by Crippen LogP contribution is -2.44. The van der Waals surface area contributed by atoms with Gasteiger partial charge in [0.2, 0.25) is 5.91 Å². The molecule has 1 radical (unpaired) electrons. The molecule has 0 saturated heterocycles. The van der Waals surface area contributed by atoms with Crippen molar-refractivity contribution in [3.8, 4) is 5.69 Å². The van der Waals surface area contributed by atoms with E-state index in [1.54, 1.807) is 43.5 Å². The van der Waals surface area contributed by atoms with E-state index < -0.39 is 14.5 Å². The smallest absolute Gasteiger partial charge is 0.283 e. The third-order valence-corrected chi connectivity index (χ3v) is 11.1. The molecule has 0 aliphatic carbocycles. The van der Waals surface area contributed by atoms with Crippen LogP contribution in [-0.2, 0) is 27.8 Å². The van der Waals surface area contributed by atoms with Crippen molar-refractivity contribution < 1.29 is 14.0 Å². The van der Waals surface area contributed by atoms with E-state index in [1.807, 2.05) is 53.1 Å². The summed E-state index contributed by atoms with van der Waals surface area (Å²) < 4.78 is 8.57. The molecule has 1 heterocycles. The molecule has 1 aromatic heterocycles. The minimum absolute atomic E-state index is 0.171. The lowest BCUT2D eigenvalue weighted by molar-refractivity contribution is -0.116. The molecule has 0 bridgehead atoms. The molecule has 0 atom stereocenters. The number of carbonyl (C=O) groups excluding carboxylic acids is 2. The fraction of sp³-hybridized carbons (Fsp3) is 0.179. The molecule has 4 aromatic carbocycles. The van der Waals surface area contributed by atoms with Crippen molar-refractivity contribution in [3.05, 3.63) is 152 Å². The van der Waals surface area contributed by atoms with E-state index in [-0.39, 0.29) is 25.0 Å². The van der Waals surface area contributed by atoms with Crippen LogP contribution in [0.1, 0.15) is 53.5 Å². The molecule has 0 unspecified atom stereocenters. The van der Waals surface area contributed by atoms with Gasteiger partial charge in [-0.15, -0.1) is 0 Å². The molecule has 10 heteroatoms. The number of benzene rings is 4. The highest BCUT2D eigenvalue weighted by Crippen LogP contribution is 2.42. The summed E-state index contributed by atoms with van der Waals surface area (Å²) in [6, 6.07) is 33.0. The van der Waals surface area contributed by atoms with Crippen molar-refractivity contribution in [2.75, 3.05) is 7.05 Å². The van der Waals surface area contributed by atoms with Crippen LogP contribution in [0.4, 0.5) is 0 Å². The van der Waals surface area contributed by atoms with Gasteiger partial charge in [-0.2, -0.15) is 0 Å². The Morgan fingerprint density at radius 1 is 0.837 bits per heavy atom. The molecule has 6 nitrogen and oxygen atoms in total. The quantitative estimate of drug-likeness (QED) is 0.108. The van der Waals surface area contributed by atoms with Gasteiger partial charge in [0.1, 0.15) is 5.15 Å². The number of aromatic nitrogens is 1. The van der Waals surface area contributed by atoms with E-state index in [0.29, 0.717) is 26.4 Å². The number of hydrogen-bond acceptors (Lipinski definition) is 3. The summed E-state index contributed by atoms with van der Waals surface area (Å²) in [7, 11) is -0.0196. The Balaban J connectivity index is 1.42. The summed E-state index contributed by atoms with van der Waals surface area (Å²) in [4.78, 5) is 24.6. The number of amides is 2. The molecule has 5 rings (SSSR count). The fourth-order valence-corrected chi connectivity index (χ4v) is 8.69. The fourth-order valence-electron chi connectivity index (χ4n) is 5.42. The van der Waals surface area contributed by atoms with E-state index in [9.17, 15) is 9.59 Å². The lowest BCUT2D eigenvalue weighted by Gasteiger charge is -2.27. The summed E-state index contributed by atoms with van der Waals surface area (Å²) in [6.45, 7) is 6.64. The second-order valence-electron chi connectivity index (χ2n) is 12.4. The standard InChI is InChI=1S/C39H37Cl3N3O3Si/c1-39(2,3)35-36(41)28(25-48-49(30-11-7-5-8-12-30)31-13-9-6-10-14-31)23-32(37(35)42)45-29(20-21-33(45)40)24-44-34(46)22-17-26-15-18-27(19-16-26)38(47)43-4/h5-23H,24-25H2,1-4H3,(H,43,47)(H,44,46). The molecule has 49 heavy (non-hydrogen) atoms. The molecule has 0 fully saturated rings. The Morgan fingerprint density at radius 3 is 2.02 bits per heavy atom. The first kappa shape index (κ1) is 36.2. The minimum atomic E-state index is -1.60.